The van der Waals surface area contributed by atoms with Gasteiger partial charge in [-0.2, -0.15) is 0 Å². The largest absolute Gasteiger partial charge is 0.431 e. The van der Waals surface area contributed by atoms with Crippen molar-refractivity contribution in [3.63, 3.8) is 0 Å². The topological polar surface area (TPSA) is 196 Å². The summed E-state index contributed by atoms with van der Waals surface area (Å²) < 4.78 is 22.9. The average Bonchev–Trinajstić information content (AvgIpc) is 3.18. The van der Waals surface area contributed by atoms with Gasteiger partial charge in [-0.05, 0) is 56.7 Å². The molecule has 6 aliphatic rings. The lowest BCUT2D eigenvalue weighted by atomic mass is 9.42. The highest BCUT2D eigenvalue weighted by atomic mass is 16.7. The summed E-state index contributed by atoms with van der Waals surface area (Å²) in [6, 6.07) is 2.76. The quantitative estimate of drug-likeness (QED) is 0.232. The number of hydrogen-bond donors (Lipinski definition) is 6. The van der Waals surface area contributed by atoms with Crippen LogP contribution in [0.25, 0.3) is 0 Å². The van der Waals surface area contributed by atoms with Gasteiger partial charge in [-0.1, -0.05) is 13.0 Å². The Morgan fingerprint density at radius 2 is 1.71 bits per heavy atom. The summed E-state index contributed by atoms with van der Waals surface area (Å²) in [7, 11) is 0. The molecule has 2 saturated heterocycles. The number of ketones is 1. The first-order chi connectivity index (χ1) is 19.6. The molecular formula is C30H38O12. The van der Waals surface area contributed by atoms with Crippen molar-refractivity contribution in [1.82, 2.24) is 0 Å². The summed E-state index contributed by atoms with van der Waals surface area (Å²) in [6.07, 6.45) is -5.47. The first-order valence-corrected chi connectivity index (χ1v) is 14.6. The van der Waals surface area contributed by atoms with Crippen molar-refractivity contribution in [1.29, 1.82) is 0 Å². The smallest absolute Gasteiger partial charge is 0.335 e. The van der Waals surface area contributed by atoms with E-state index in [0.29, 0.717) is 11.1 Å². The number of aliphatic hydroxyl groups is 6. The maximum atomic E-state index is 14.3. The molecule has 42 heavy (non-hydrogen) atoms. The van der Waals surface area contributed by atoms with Crippen LogP contribution in [0, 0.1) is 16.7 Å². The van der Waals surface area contributed by atoms with Gasteiger partial charge in [0, 0.05) is 29.7 Å². The lowest BCUT2D eigenvalue weighted by Gasteiger charge is -2.66. The highest BCUT2D eigenvalue weighted by molar-refractivity contribution is 5.93. The molecule has 3 saturated carbocycles. The number of hydrogen-bond acceptors (Lipinski definition) is 12. The van der Waals surface area contributed by atoms with Gasteiger partial charge in [-0.3, -0.25) is 4.79 Å². The van der Waals surface area contributed by atoms with Gasteiger partial charge >= 0.3 is 5.63 Å². The zero-order valence-corrected chi connectivity index (χ0v) is 23.7. The Kier molecular flexibility index (Phi) is 6.02. The number of carbonyl (C=O) groups excluding carboxylic acids is 1. The first kappa shape index (κ1) is 28.8. The Balaban J connectivity index is 1.32. The van der Waals surface area contributed by atoms with Gasteiger partial charge in [-0.15, -0.1) is 0 Å². The maximum absolute atomic E-state index is 14.3. The molecule has 0 spiro atoms. The normalized spacial score (nSPS) is 55.0. The van der Waals surface area contributed by atoms with Gasteiger partial charge in [0.2, 0.25) is 0 Å². The molecule has 7 rings (SSSR count). The molecule has 14 atom stereocenters. The Bertz CT molecular complexity index is 1390. The number of aliphatic hydroxyl groups excluding tert-OH is 3. The molecule has 12 nitrogen and oxygen atoms in total. The van der Waals surface area contributed by atoms with Crippen molar-refractivity contribution in [3.8, 4) is 0 Å². The van der Waals surface area contributed by atoms with Crippen LogP contribution in [0.5, 0.6) is 0 Å². The van der Waals surface area contributed by atoms with E-state index in [1.807, 2.05) is 0 Å². The molecule has 0 amide bonds. The molecule has 5 fully saturated rings. The van der Waals surface area contributed by atoms with Gasteiger partial charge in [0.05, 0.1) is 23.9 Å². The third-order valence-corrected chi connectivity index (χ3v) is 11.7. The van der Waals surface area contributed by atoms with Crippen molar-refractivity contribution >= 4 is 5.78 Å². The molecule has 0 aromatic carbocycles. The standard InChI is InChI=1S/C30H38O12/c1-13-10-29(37)24(35)25(40-13)41-21-17(42-29)11-26(2)16(19(21)32)6-8-28(36)22(26)20(33)23(34)27(3)15(7-9-30(27,28)38)14-4-5-18(31)39-12-14/h4-6,12-13,15,17,19-22,24-25,32-33,35-38H,7-11H2,1-3H3. The van der Waals surface area contributed by atoms with E-state index in [1.165, 1.54) is 18.4 Å². The molecular weight excluding hydrogens is 552 g/mol. The Morgan fingerprint density at radius 1 is 0.976 bits per heavy atom. The summed E-state index contributed by atoms with van der Waals surface area (Å²) in [6.45, 7) is 4.95. The number of carbonyl (C=O) groups is 1. The van der Waals surface area contributed by atoms with E-state index in [2.05, 4.69) is 0 Å². The highest BCUT2D eigenvalue weighted by Gasteiger charge is 2.79. The second-order valence-electron chi connectivity index (χ2n) is 13.7. The van der Waals surface area contributed by atoms with E-state index in [9.17, 15) is 40.2 Å². The molecule has 230 valence electrons. The molecule has 2 bridgehead atoms. The molecule has 3 heterocycles. The van der Waals surface area contributed by atoms with E-state index in [-0.39, 0.29) is 32.1 Å². The maximum Gasteiger partial charge on any atom is 0.335 e. The molecule has 14 unspecified atom stereocenters. The SMILES string of the molecule is CC1CC2(O)OC3CC4(C)C(=CCC5(O)C4C(O)C(=O)C4(C)C(c6ccc(=O)oc6)CCC54O)C(O)C3OC(O1)C2O. The van der Waals surface area contributed by atoms with Crippen molar-refractivity contribution in [2.24, 2.45) is 16.7 Å². The van der Waals surface area contributed by atoms with Crippen LogP contribution in [0.3, 0.4) is 0 Å². The highest BCUT2D eigenvalue weighted by Crippen LogP contribution is 2.70. The zero-order valence-electron chi connectivity index (χ0n) is 23.7. The van der Waals surface area contributed by atoms with E-state index >= 15 is 0 Å². The minimum Gasteiger partial charge on any atom is -0.431 e. The number of Topliss-reactive ketones (excluding diaryl/α,β-unsaturated/α-hetero) is 1. The zero-order chi connectivity index (χ0) is 30.2. The Hall–Kier alpha value is -2.00. The molecule has 2 aliphatic heterocycles. The Labute approximate surface area is 241 Å². The number of ether oxygens (including phenoxy) is 3. The van der Waals surface area contributed by atoms with Crippen LogP contribution < -0.4 is 5.63 Å². The van der Waals surface area contributed by atoms with Gasteiger partial charge < -0.3 is 49.3 Å². The number of rotatable bonds is 1. The van der Waals surface area contributed by atoms with Crippen LogP contribution in [0.2, 0.25) is 0 Å². The fourth-order valence-corrected chi connectivity index (χ4v) is 9.75. The third-order valence-electron chi connectivity index (χ3n) is 11.7. The lowest BCUT2D eigenvalue weighted by Crippen LogP contribution is -2.78. The summed E-state index contributed by atoms with van der Waals surface area (Å²) in [5.74, 6) is -4.59. The predicted molar refractivity (Wildman–Crippen MR) is 141 cm³/mol. The van der Waals surface area contributed by atoms with Crippen molar-refractivity contribution < 1.29 is 54.1 Å². The minimum atomic E-state index is -2.04. The van der Waals surface area contributed by atoms with Crippen LogP contribution in [0.4, 0.5) is 0 Å². The van der Waals surface area contributed by atoms with Gasteiger partial charge in [-0.25, -0.2) is 4.79 Å². The van der Waals surface area contributed by atoms with Crippen LogP contribution >= 0.6 is 0 Å². The van der Waals surface area contributed by atoms with Crippen molar-refractivity contribution in [2.45, 2.75) is 119 Å². The van der Waals surface area contributed by atoms with Crippen LogP contribution in [-0.2, 0) is 19.0 Å². The summed E-state index contributed by atoms with van der Waals surface area (Å²) in [5, 5.41) is 70.6. The van der Waals surface area contributed by atoms with Gasteiger partial charge in [0.1, 0.15) is 29.5 Å². The predicted octanol–water partition coefficient (Wildman–Crippen LogP) is -0.385. The summed E-state index contributed by atoms with van der Waals surface area (Å²) in [5.41, 5.74) is -6.55. The first-order valence-electron chi connectivity index (χ1n) is 14.6. The van der Waals surface area contributed by atoms with Crippen LogP contribution in [0.1, 0.15) is 64.4 Å². The third kappa shape index (κ3) is 3.33. The van der Waals surface area contributed by atoms with E-state index in [4.69, 9.17) is 18.6 Å². The van der Waals surface area contributed by atoms with Gasteiger partial charge in [0.15, 0.2) is 24.0 Å². The van der Waals surface area contributed by atoms with E-state index in [1.54, 1.807) is 26.8 Å². The van der Waals surface area contributed by atoms with Crippen LogP contribution in [-0.4, -0.2) is 96.3 Å². The van der Waals surface area contributed by atoms with E-state index < -0.39 is 94.0 Å². The fraction of sp³-hybridized carbons (Fsp3) is 0.733. The monoisotopic (exact) mass is 590 g/mol. The molecule has 12 heteroatoms. The summed E-state index contributed by atoms with van der Waals surface area (Å²) >= 11 is 0. The van der Waals surface area contributed by atoms with Crippen molar-refractivity contribution in [2.75, 3.05) is 0 Å². The summed E-state index contributed by atoms with van der Waals surface area (Å²) in [4.78, 5) is 25.9. The molecule has 1 aromatic rings. The second kappa shape index (κ2) is 8.80. The Morgan fingerprint density at radius 3 is 2.40 bits per heavy atom. The van der Waals surface area contributed by atoms with Gasteiger partial charge in [0.25, 0.3) is 0 Å². The molecule has 4 aliphatic carbocycles. The molecule has 6 N–H and O–H groups in total. The number of fused-ring (bicyclic) bond motifs is 8. The lowest BCUT2D eigenvalue weighted by molar-refractivity contribution is -0.343. The molecule has 1 aromatic heterocycles. The fourth-order valence-electron chi connectivity index (χ4n) is 9.75. The average molecular weight is 591 g/mol. The van der Waals surface area contributed by atoms with Crippen molar-refractivity contribution in [3.05, 3.63) is 46.0 Å². The minimum absolute atomic E-state index is 0.00588. The second-order valence-corrected chi connectivity index (χ2v) is 13.7. The van der Waals surface area contributed by atoms with Crippen LogP contribution in [0.15, 0.2) is 39.3 Å². The molecule has 0 radical (unpaired) electrons. The van der Waals surface area contributed by atoms with E-state index in [0.717, 1.165) is 0 Å².